The van der Waals surface area contributed by atoms with Crippen molar-refractivity contribution in [3.05, 3.63) is 82.9 Å². The van der Waals surface area contributed by atoms with Gasteiger partial charge < -0.3 is 29.7 Å². The van der Waals surface area contributed by atoms with Crippen molar-refractivity contribution in [3.63, 3.8) is 0 Å². The lowest BCUT2D eigenvalue weighted by Crippen LogP contribution is -2.63. The van der Waals surface area contributed by atoms with E-state index in [9.17, 15) is 19.6 Å². The Labute approximate surface area is 354 Å². The predicted molar refractivity (Wildman–Crippen MR) is 235 cm³/mol. The molecule has 5 heterocycles. The summed E-state index contributed by atoms with van der Waals surface area (Å²) in [6.45, 7) is 13.5. The minimum absolute atomic E-state index is 0.154. The zero-order valence-electron chi connectivity index (χ0n) is 34.4. The fourth-order valence-corrected chi connectivity index (χ4v) is 10.3. The number of likely N-dealkylation sites (tertiary alicyclic amines) is 2. The average molecular weight is 820 g/mol. The number of rotatable bonds is 11. The molecule has 0 aliphatic carbocycles. The Hall–Kier alpha value is -4.83. The van der Waals surface area contributed by atoms with E-state index < -0.39 is 0 Å². The fourth-order valence-electron chi connectivity index (χ4n) is 10.1. The normalized spacial score (nSPS) is 20.4. The van der Waals surface area contributed by atoms with Gasteiger partial charge in [0, 0.05) is 139 Å². The molecule has 5 aliphatic heterocycles. The monoisotopic (exact) mass is 819 g/mol. The van der Waals surface area contributed by atoms with Gasteiger partial charge in [0.25, 0.3) is 5.91 Å². The van der Waals surface area contributed by atoms with Gasteiger partial charge in [-0.15, -0.1) is 0 Å². The number of hydrogen-bond acceptors (Lipinski definition) is 9. The Morgan fingerprint density at radius 1 is 0.831 bits per heavy atom. The number of benzene rings is 3. The maximum absolute atomic E-state index is 13.5. The molecule has 59 heavy (non-hydrogen) atoms. The summed E-state index contributed by atoms with van der Waals surface area (Å²) in [7, 11) is 1.60. The van der Waals surface area contributed by atoms with Crippen LogP contribution >= 0.6 is 11.6 Å². The van der Waals surface area contributed by atoms with E-state index in [1.807, 2.05) is 42.5 Å². The van der Waals surface area contributed by atoms with Crippen molar-refractivity contribution in [1.82, 2.24) is 20.0 Å². The number of carbonyl (C=O) groups is 3. The molecule has 0 unspecified atom stereocenters. The lowest BCUT2D eigenvalue weighted by atomic mass is 9.77. The molecule has 5 fully saturated rings. The van der Waals surface area contributed by atoms with Gasteiger partial charge in [0.1, 0.15) is 12.4 Å². The van der Waals surface area contributed by atoms with Crippen LogP contribution in [0.2, 0.25) is 5.02 Å². The number of halogens is 1. The largest absolute Gasteiger partial charge is 0.371 e. The van der Waals surface area contributed by atoms with Crippen LogP contribution in [0.15, 0.2) is 66.7 Å². The third-order valence-corrected chi connectivity index (χ3v) is 14.1. The fraction of sp³-hybridized carbons (Fsp3) is 0.522. The standard InChI is InChI=1S/C46H58ClN9O3/c1-49-45(59)56(18-2-28-57)40-11-9-39(10-12-40)52-24-26-53(27-25-52)42-32-50(33-42)31-35-13-19-54(20-14-35)44(58)36-3-6-38(7-4-36)51-21-15-46(16-22-51)17-23-55(34-46)41-8-5-37(30-48)43(47)29-41/h3-12,28-29,35,42H,2,13-27,31-34H2,1H3,(H,49,59). The number of carbonyl (C=O) groups excluding carboxylic acids is 3. The third-order valence-electron chi connectivity index (χ3n) is 13.8. The third kappa shape index (κ3) is 9.18. The molecular formula is C46H58ClN9O3. The zero-order valence-corrected chi connectivity index (χ0v) is 35.2. The van der Waals surface area contributed by atoms with Gasteiger partial charge in [-0.05, 0) is 110 Å². The van der Waals surface area contributed by atoms with Crippen LogP contribution in [0.25, 0.3) is 0 Å². The molecule has 3 aromatic rings. The van der Waals surface area contributed by atoms with Gasteiger partial charge in [-0.1, -0.05) is 11.6 Å². The first kappa shape index (κ1) is 40.9. The Kier molecular flexibility index (Phi) is 12.6. The first-order valence-electron chi connectivity index (χ1n) is 21.6. The maximum Gasteiger partial charge on any atom is 0.321 e. The number of hydrogen-bond donors (Lipinski definition) is 1. The average Bonchev–Trinajstić information content (AvgIpc) is 3.68. The van der Waals surface area contributed by atoms with Crippen molar-refractivity contribution in [3.8, 4) is 6.07 Å². The van der Waals surface area contributed by atoms with Gasteiger partial charge in [-0.25, -0.2) is 4.79 Å². The number of nitriles is 1. The molecule has 0 atom stereocenters. The van der Waals surface area contributed by atoms with Crippen molar-refractivity contribution in [2.24, 2.45) is 11.3 Å². The summed E-state index contributed by atoms with van der Waals surface area (Å²) in [6, 6.07) is 24.8. The molecule has 5 aliphatic rings. The highest BCUT2D eigenvalue weighted by Crippen LogP contribution is 2.43. The minimum Gasteiger partial charge on any atom is -0.371 e. The smallest absolute Gasteiger partial charge is 0.321 e. The highest BCUT2D eigenvalue weighted by Gasteiger charge is 2.41. The molecule has 1 N–H and O–H groups in total. The molecular weight excluding hydrogens is 762 g/mol. The first-order chi connectivity index (χ1) is 28.7. The van der Waals surface area contributed by atoms with Crippen molar-refractivity contribution in [1.29, 1.82) is 5.26 Å². The number of nitrogens with one attached hydrogen (secondary N) is 1. The number of piperazine rings is 1. The SMILES string of the molecule is CNC(=O)N(CCC=O)c1ccc(N2CCN(C3CN(CC4CCN(C(=O)c5ccc(N6CCC7(CC6)CCN(c6ccc(C#N)c(Cl)c6)C7)cc5)CC4)C3)CC2)cc1. The highest BCUT2D eigenvalue weighted by atomic mass is 35.5. The van der Waals surface area contributed by atoms with Gasteiger partial charge in [0.05, 0.1) is 10.6 Å². The highest BCUT2D eigenvalue weighted by molar-refractivity contribution is 6.32. The Morgan fingerprint density at radius 2 is 1.44 bits per heavy atom. The zero-order chi connectivity index (χ0) is 40.9. The van der Waals surface area contributed by atoms with Gasteiger partial charge in [-0.3, -0.25) is 19.5 Å². The Morgan fingerprint density at radius 3 is 2.05 bits per heavy atom. The second-order valence-corrected chi connectivity index (χ2v) is 17.7. The summed E-state index contributed by atoms with van der Waals surface area (Å²) in [5.41, 5.74) is 5.88. The van der Waals surface area contributed by atoms with E-state index in [0.717, 1.165) is 140 Å². The first-order valence-corrected chi connectivity index (χ1v) is 22.0. The van der Waals surface area contributed by atoms with Crippen LogP contribution < -0.4 is 24.9 Å². The van der Waals surface area contributed by atoms with Crippen LogP contribution in [0.1, 0.15) is 54.4 Å². The van der Waals surface area contributed by atoms with Crippen LogP contribution in [0.3, 0.4) is 0 Å². The van der Waals surface area contributed by atoms with E-state index >= 15 is 0 Å². The molecule has 13 heteroatoms. The van der Waals surface area contributed by atoms with E-state index in [4.69, 9.17) is 11.6 Å². The van der Waals surface area contributed by atoms with Gasteiger partial charge in [-0.2, -0.15) is 5.26 Å². The topological polar surface area (TPSA) is 110 Å². The summed E-state index contributed by atoms with van der Waals surface area (Å²) in [6.07, 6.45) is 6.72. The second kappa shape index (κ2) is 18.2. The molecule has 8 rings (SSSR count). The van der Waals surface area contributed by atoms with Crippen LogP contribution in [0.5, 0.6) is 0 Å². The maximum atomic E-state index is 13.5. The number of nitrogens with zero attached hydrogens (tertiary/aromatic N) is 8. The molecule has 1 spiro atoms. The molecule has 312 valence electrons. The van der Waals surface area contributed by atoms with E-state index in [0.29, 0.717) is 40.9 Å². The molecule has 0 radical (unpaired) electrons. The molecule has 0 saturated carbocycles. The molecule has 5 saturated heterocycles. The number of piperidine rings is 2. The van der Waals surface area contributed by atoms with Crippen molar-refractivity contribution < 1.29 is 14.4 Å². The summed E-state index contributed by atoms with van der Waals surface area (Å²) < 4.78 is 0. The van der Waals surface area contributed by atoms with E-state index in [-0.39, 0.29) is 11.9 Å². The van der Waals surface area contributed by atoms with E-state index in [1.54, 1.807) is 11.9 Å². The number of urea groups is 1. The van der Waals surface area contributed by atoms with Crippen molar-refractivity contribution in [2.75, 3.05) is 118 Å². The Bertz CT molecular complexity index is 1980. The van der Waals surface area contributed by atoms with Gasteiger partial charge in [0.2, 0.25) is 0 Å². The lowest BCUT2D eigenvalue weighted by molar-refractivity contribution is -0.107. The van der Waals surface area contributed by atoms with Crippen LogP contribution in [0, 0.1) is 22.7 Å². The van der Waals surface area contributed by atoms with Crippen LogP contribution in [0.4, 0.5) is 27.5 Å². The van der Waals surface area contributed by atoms with E-state index in [2.05, 4.69) is 65.1 Å². The van der Waals surface area contributed by atoms with E-state index in [1.165, 1.54) is 12.1 Å². The minimum atomic E-state index is -0.213. The summed E-state index contributed by atoms with van der Waals surface area (Å²) in [5, 5.41) is 12.4. The van der Waals surface area contributed by atoms with Gasteiger partial charge >= 0.3 is 6.03 Å². The molecule has 3 aromatic carbocycles. The molecule has 3 amide bonds. The summed E-state index contributed by atoms with van der Waals surface area (Å²) in [5.74, 6) is 0.789. The van der Waals surface area contributed by atoms with Crippen molar-refractivity contribution >= 4 is 52.6 Å². The summed E-state index contributed by atoms with van der Waals surface area (Å²) >= 11 is 6.34. The Balaban J connectivity index is 0.725. The molecule has 0 bridgehead atoms. The number of aldehydes is 1. The quantitative estimate of drug-likeness (QED) is 0.240. The summed E-state index contributed by atoms with van der Waals surface area (Å²) in [4.78, 5) is 53.0. The second-order valence-electron chi connectivity index (χ2n) is 17.3. The van der Waals surface area contributed by atoms with Crippen LogP contribution in [-0.4, -0.2) is 138 Å². The van der Waals surface area contributed by atoms with Crippen LogP contribution in [-0.2, 0) is 4.79 Å². The molecule has 0 aromatic heterocycles. The number of anilines is 4. The predicted octanol–water partition coefficient (Wildman–Crippen LogP) is 5.80. The number of amides is 3. The lowest BCUT2D eigenvalue weighted by Gasteiger charge is -2.49. The molecule has 12 nitrogen and oxygen atoms in total. The van der Waals surface area contributed by atoms with Crippen molar-refractivity contribution in [2.45, 2.75) is 44.6 Å². The van der Waals surface area contributed by atoms with Gasteiger partial charge in [0.15, 0.2) is 0 Å².